The zero-order chi connectivity index (χ0) is 22.1. The van der Waals surface area contributed by atoms with E-state index in [1.165, 1.54) is 0 Å². The Morgan fingerprint density at radius 1 is 1.06 bits per heavy atom. The number of carboxylic acids is 1. The highest BCUT2D eigenvalue weighted by molar-refractivity contribution is 5.96. The fraction of sp³-hybridized carbons (Fsp3) is 0.208. The summed E-state index contributed by atoms with van der Waals surface area (Å²) in [4.78, 5) is 36.6. The van der Waals surface area contributed by atoms with E-state index in [-0.39, 0.29) is 12.8 Å². The molecule has 0 aliphatic heterocycles. The molecule has 0 radical (unpaired) electrons. The Hall–Kier alpha value is -3.87. The van der Waals surface area contributed by atoms with Crippen LogP contribution in [0.5, 0.6) is 0 Å². The van der Waals surface area contributed by atoms with Gasteiger partial charge in [-0.15, -0.1) is 0 Å². The van der Waals surface area contributed by atoms with Gasteiger partial charge in [0.2, 0.25) is 5.91 Å². The van der Waals surface area contributed by atoms with Gasteiger partial charge in [-0.25, -0.2) is 9.59 Å². The highest BCUT2D eigenvalue weighted by Crippen LogP contribution is 2.29. The van der Waals surface area contributed by atoms with Crippen LogP contribution in [0.2, 0.25) is 0 Å². The van der Waals surface area contributed by atoms with E-state index in [1.54, 1.807) is 42.7 Å². The minimum atomic E-state index is -1.15. The Labute approximate surface area is 177 Å². The summed E-state index contributed by atoms with van der Waals surface area (Å²) in [5.74, 6) is -1.61. The molecule has 1 atom stereocenters. The first kappa shape index (κ1) is 20.4. The SMILES string of the molecule is Cc1coc2cc3oc(=O)c(CCC(=O)NC(C(=O)O)c4ccccc4)c(C)c3cc12. The topological polar surface area (TPSA) is 110 Å². The molecule has 0 spiro atoms. The summed E-state index contributed by atoms with van der Waals surface area (Å²) < 4.78 is 10.9. The highest BCUT2D eigenvalue weighted by atomic mass is 16.4. The van der Waals surface area contributed by atoms with Crippen molar-refractivity contribution in [1.29, 1.82) is 0 Å². The molecular formula is C24H21NO6. The minimum absolute atomic E-state index is 0.0410. The second kappa shape index (κ2) is 8.10. The summed E-state index contributed by atoms with van der Waals surface area (Å²) in [6.07, 6.45) is 1.74. The van der Waals surface area contributed by atoms with Gasteiger partial charge in [0, 0.05) is 28.8 Å². The Kier molecular flexibility index (Phi) is 5.33. The largest absolute Gasteiger partial charge is 0.479 e. The number of fused-ring (bicyclic) bond motifs is 2. The first-order chi connectivity index (χ1) is 14.8. The zero-order valence-corrected chi connectivity index (χ0v) is 17.1. The molecule has 0 aliphatic carbocycles. The first-order valence-corrected chi connectivity index (χ1v) is 9.86. The molecule has 2 heterocycles. The zero-order valence-electron chi connectivity index (χ0n) is 17.1. The van der Waals surface area contributed by atoms with E-state index >= 15 is 0 Å². The third-order valence-electron chi connectivity index (χ3n) is 5.46. The van der Waals surface area contributed by atoms with Crippen LogP contribution in [0.3, 0.4) is 0 Å². The summed E-state index contributed by atoms with van der Waals surface area (Å²) in [6, 6.07) is 10.9. The molecule has 1 amide bonds. The van der Waals surface area contributed by atoms with Gasteiger partial charge in [0.05, 0.1) is 6.26 Å². The van der Waals surface area contributed by atoms with Crippen molar-refractivity contribution in [3.63, 3.8) is 0 Å². The van der Waals surface area contributed by atoms with Gasteiger partial charge in [0.15, 0.2) is 6.04 Å². The number of carbonyl (C=O) groups excluding carboxylic acids is 1. The molecule has 0 fully saturated rings. The summed E-state index contributed by atoms with van der Waals surface area (Å²) in [6.45, 7) is 3.75. The van der Waals surface area contributed by atoms with Gasteiger partial charge in [0.1, 0.15) is 11.2 Å². The van der Waals surface area contributed by atoms with E-state index in [0.29, 0.717) is 22.3 Å². The molecule has 2 aromatic carbocycles. The van der Waals surface area contributed by atoms with Crippen LogP contribution < -0.4 is 10.9 Å². The maximum absolute atomic E-state index is 12.5. The quantitative estimate of drug-likeness (QED) is 0.457. The average Bonchev–Trinajstić information content (AvgIpc) is 3.11. The number of benzene rings is 2. The van der Waals surface area contributed by atoms with Crippen LogP contribution in [0.4, 0.5) is 0 Å². The Morgan fingerprint density at radius 2 is 1.81 bits per heavy atom. The Morgan fingerprint density at radius 3 is 2.52 bits per heavy atom. The van der Waals surface area contributed by atoms with E-state index in [2.05, 4.69) is 5.32 Å². The van der Waals surface area contributed by atoms with Gasteiger partial charge >= 0.3 is 11.6 Å². The highest BCUT2D eigenvalue weighted by Gasteiger charge is 2.22. The second-order valence-electron chi connectivity index (χ2n) is 7.51. The van der Waals surface area contributed by atoms with E-state index < -0.39 is 23.5 Å². The molecule has 158 valence electrons. The number of hydrogen-bond acceptors (Lipinski definition) is 5. The van der Waals surface area contributed by atoms with Gasteiger partial charge in [-0.1, -0.05) is 30.3 Å². The predicted octanol–water partition coefficient (Wildman–Crippen LogP) is 4.03. The van der Waals surface area contributed by atoms with Crippen molar-refractivity contribution in [3.05, 3.63) is 81.4 Å². The number of carboxylic acid groups (broad SMARTS) is 1. The number of rotatable bonds is 6. The fourth-order valence-electron chi connectivity index (χ4n) is 3.73. The lowest BCUT2D eigenvalue weighted by molar-refractivity contribution is -0.142. The smallest absolute Gasteiger partial charge is 0.339 e. The number of amides is 1. The van der Waals surface area contributed by atoms with Crippen LogP contribution in [-0.4, -0.2) is 17.0 Å². The van der Waals surface area contributed by atoms with Gasteiger partial charge in [0.25, 0.3) is 0 Å². The van der Waals surface area contributed by atoms with Crippen molar-refractivity contribution < 1.29 is 23.5 Å². The molecule has 4 aromatic rings. The third-order valence-corrected chi connectivity index (χ3v) is 5.46. The summed E-state index contributed by atoms with van der Waals surface area (Å²) in [5.41, 5.74) is 3.13. The van der Waals surface area contributed by atoms with Gasteiger partial charge in [-0.2, -0.15) is 0 Å². The van der Waals surface area contributed by atoms with E-state index in [0.717, 1.165) is 21.9 Å². The van der Waals surface area contributed by atoms with Crippen molar-refractivity contribution >= 4 is 33.8 Å². The number of hydrogen-bond donors (Lipinski definition) is 2. The lowest BCUT2D eigenvalue weighted by atomic mass is 10.0. The standard InChI is InChI=1S/C24H21NO6/c1-13-12-30-19-11-20-18(10-17(13)19)14(2)16(24(29)31-20)8-9-21(26)25-22(23(27)28)15-6-4-3-5-7-15/h3-7,10-12,22H,8-9H2,1-2H3,(H,25,26)(H,27,28). The molecule has 7 nitrogen and oxygen atoms in total. The van der Waals surface area contributed by atoms with Crippen LogP contribution in [0, 0.1) is 13.8 Å². The van der Waals surface area contributed by atoms with Crippen molar-refractivity contribution in [2.45, 2.75) is 32.7 Å². The van der Waals surface area contributed by atoms with Crippen molar-refractivity contribution in [3.8, 4) is 0 Å². The molecule has 31 heavy (non-hydrogen) atoms. The monoisotopic (exact) mass is 419 g/mol. The number of aliphatic carboxylic acids is 1. The summed E-state index contributed by atoms with van der Waals surface area (Å²) >= 11 is 0. The molecule has 2 N–H and O–H groups in total. The van der Waals surface area contributed by atoms with Crippen LogP contribution in [0.15, 0.2) is 62.4 Å². The van der Waals surface area contributed by atoms with E-state index in [4.69, 9.17) is 8.83 Å². The molecule has 0 saturated carbocycles. The van der Waals surface area contributed by atoms with Gasteiger partial charge in [-0.05, 0) is 43.0 Å². The van der Waals surface area contributed by atoms with E-state index in [1.807, 2.05) is 19.9 Å². The molecule has 0 saturated heterocycles. The molecular weight excluding hydrogens is 398 g/mol. The van der Waals surface area contributed by atoms with Crippen LogP contribution >= 0.6 is 0 Å². The average molecular weight is 419 g/mol. The van der Waals surface area contributed by atoms with Crippen LogP contribution in [0.25, 0.3) is 21.9 Å². The molecule has 4 rings (SSSR count). The molecule has 0 aliphatic rings. The normalized spacial score (nSPS) is 12.2. The van der Waals surface area contributed by atoms with E-state index in [9.17, 15) is 19.5 Å². The molecule has 2 aromatic heterocycles. The van der Waals surface area contributed by atoms with Crippen molar-refractivity contribution in [1.82, 2.24) is 5.32 Å². The molecule has 7 heteroatoms. The number of nitrogens with one attached hydrogen (secondary N) is 1. The lowest BCUT2D eigenvalue weighted by Gasteiger charge is -2.15. The van der Waals surface area contributed by atoms with Crippen molar-refractivity contribution in [2.75, 3.05) is 0 Å². The lowest BCUT2D eigenvalue weighted by Crippen LogP contribution is -2.34. The molecule has 1 unspecified atom stereocenters. The Balaban J connectivity index is 1.57. The minimum Gasteiger partial charge on any atom is -0.479 e. The molecule has 0 bridgehead atoms. The first-order valence-electron chi connectivity index (χ1n) is 9.86. The van der Waals surface area contributed by atoms with Gasteiger partial charge < -0.3 is 19.3 Å². The second-order valence-corrected chi connectivity index (χ2v) is 7.51. The summed E-state index contributed by atoms with van der Waals surface area (Å²) in [5, 5.41) is 13.7. The number of carbonyl (C=O) groups is 2. The van der Waals surface area contributed by atoms with Crippen LogP contribution in [0.1, 0.15) is 34.7 Å². The Bertz CT molecular complexity index is 1350. The third kappa shape index (κ3) is 3.94. The number of furan rings is 1. The maximum Gasteiger partial charge on any atom is 0.339 e. The fourth-order valence-corrected chi connectivity index (χ4v) is 3.73. The van der Waals surface area contributed by atoms with Crippen molar-refractivity contribution in [2.24, 2.45) is 0 Å². The van der Waals surface area contributed by atoms with Gasteiger partial charge in [-0.3, -0.25) is 4.79 Å². The number of aryl methyl sites for hydroxylation is 2. The maximum atomic E-state index is 12.5. The van der Waals surface area contributed by atoms with Crippen LogP contribution in [-0.2, 0) is 16.0 Å². The predicted molar refractivity (Wildman–Crippen MR) is 115 cm³/mol. The summed E-state index contributed by atoms with van der Waals surface area (Å²) in [7, 11) is 0.